The Kier molecular flexibility index (Phi) is 5.36. The van der Waals surface area contributed by atoms with Gasteiger partial charge in [-0.25, -0.2) is 13.2 Å². The topological polar surface area (TPSA) is 62.6 Å². The van der Waals surface area contributed by atoms with E-state index in [1.807, 2.05) is 0 Å². The fraction of sp³-hybridized carbons (Fsp3) is 0.409. The van der Waals surface area contributed by atoms with Crippen LogP contribution in [0.2, 0.25) is 0 Å². The third kappa shape index (κ3) is 4.08. The monoisotopic (exact) mass is 433 g/mol. The minimum Gasteiger partial charge on any atom is -0.338 e. The highest BCUT2D eigenvalue weighted by molar-refractivity contribution is 5.96. The second kappa shape index (κ2) is 7.86. The molecule has 1 aromatic heterocycles. The minimum absolute atomic E-state index is 0.145. The number of benzene rings is 1. The first kappa shape index (κ1) is 21.1. The zero-order valence-corrected chi connectivity index (χ0v) is 17.0. The number of pyridine rings is 1. The first-order valence-electron chi connectivity index (χ1n) is 10.1. The standard InChI is InChI=1S/C22H22F3N3O3/c1-14(29)26-10-7-18-15(11-26)12-28(17-5-3-16(23)4-6-17)21(31)19(18)20(30)27-9-2-8-22(24,25)13-27/h3-6,12H,2,7-11,13H2,1H3. The lowest BCUT2D eigenvalue weighted by molar-refractivity contribution is -0.129. The first-order valence-corrected chi connectivity index (χ1v) is 10.1. The van der Waals surface area contributed by atoms with E-state index in [1.165, 1.54) is 35.8 Å². The van der Waals surface area contributed by atoms with Crippen molar-refractivity contribution >= 4 is 11.8 Å². The molecule has 3 heterocycles. The van der Waals surface area contributed by atoms with E-state index in [2.05, 4.69) is 0 Å². The highest BCUT2D eigenvalue weighted by Gasteiger charge is 2.39. The summed E-state index contributed by atoms with van der Waals surface area (Å²) in [4.78, 5) is 41.1. The van der Waals surface area contributed by atoms with E-state index >= 15 is 0 Å². The summed E-state index contributed by atoms with van der Waals surface area (Å²) in [6, 6.07) is 5.18. The second-order valence-electron chi connectivity index (χ2n) is 8.04. The Morgan fingerprint density at radius 3 is 2.42 bits per heavy atom. The van der Waals surface area contributed by atoms with Gasteiger partial charge >= 0.3 is 0 Å². The minimum atomic E-state index is -3.00. The molecule has 2 aliphatic rings. The molecule has 1 aromatic carbocycles. The zero-order chi connectivity index (χ0) is 22.3. The number of hydrogen-bond acceptors (Lipinski definition) is 3. The number of alkyl halides is 2. The van der Waals surface area contributed by atoms with Gasteiger partial charge in [0.15, 0.2) is 0 Å². The Hall–Kier alpha value is -3.10. The number of hydrogen-bond donors (Lipinski definition) is 0. The van der Waals surface area contributed by atoms with Crippen LogP contribution in [0.3, 0.4) is 0 Å². The van der Waals surface area contributed by atoms with Crippen LogP contribution in [0.5, 0.6) is 0 Å². The lowest BCUT2D eigenvalue weighted by Crippen LogP contribution is -2.48. The van der Waals surface area contributed by atoms with Gasteiger partial charge in [-0.2, -0.15) is 0 Å². The van der Waals surface area contributed by atoms with Crippen molar-refractivity contribution in [2.45, 2.75) is 38.7 Å². The molecule has 0 bridgehead atoms. The molecule has 31 heavy (non-hydrogen) atoms. The van der Waals surface area contributed by atoms with Crippen molar-refractivity contribution in [1.29, 1.82) is 0 Å². The number of likely N-dealkylation sites (tertiary alicyclic amines) is 1. The number of carbonyl (C=O) groups excluding carboxylic acids is 2. The Labute approximate surface area is 176 Å². The first-order chi connectivity index (χ1) is 14.7. The summed E-state index contributed by atoms with van der Waals surface area (Å²) in [7, 11) is 0. The molecule has 0 unspecified atom stereocenters. The quantitative estimate of drug-likeness (QED) is 0.732. The van der Waals surface area contributed by atoms with Crippen LogP contribution in [0, 0.1) is 5.82 Å². The van der Waals surface area contributed by atoms with Crippen LogP contribution in [0.1, 0.15) is 41.3 Å². The molecule has 0 radical (unpaired) electrons. The van der Waals surface area contributed by atoms with Crippen LogP contribution < -0.4 is 5.56 Å². The highest BCUT2D eigenvalue weighted by atomic mass is 19.3. The number of piperidine rings is 1. The Morgan fingerprint density at radius 2 is 1.77 bits per heavy atom. The molecule has 4 rings (SSSR count). The molecule has 0 spiro atoms. The number of carbonyl (C=O) groups is 2. The van der Waals surface area contributed by atoms with Crippen molar-refractivity contribution in [2.24, 2.45) is 0 Å². The van der Waals surface area contributed by atoms with Gasteiger partial charge in [0.05, 0.1) is 6.54 Å². The van der Waals surface area contributed by atoms with Gasteiger partial charge in [0.1, 0.15) is 11.4 Å². The Balaban J connectivity index is 1.85. The third-order valence-corrected chi connectivity index (χ3v) is 5.84. The number of amides is 2. The molecule has 1 fully saturated rings. The molecule has 0 saturated carbocycles. The molecule has 6 nitrogen and oxygen atoms in total. The molecule has 9 heteroatoms. The van der Waals surface area contributed by atoms with Gasteiger partial charge in [0, 0.05) is 44.9 Å². The average molecular weight is 433 g/mol. The van der Waals surface area contributed by atoms with Crippen molar-refractivity contribution in [3.8, 4) is 5.69 Å². The lowest BCUT2D eigenvalue weighted by Gasteiger charge is -2.34. The predicted octanol–water partition coefficient (Wildman–Crippen LogP) is 2.75. The summed E-state index contributed by atoms with van der Waals surface area (Å²) in [5.74, 6) is -4.35. The fourth-order valence-corrected chi connectivity index (χ4v) is 4.24. The van der Waals surface area contributed by atoms with Gasteiger partial charge in [-0.1, -0.05) is 0 Å². The molecule has 0 aliphatic carbocycles. The maximum atomic E-state index is 13.9. The average Bonchev–Trinajstić information content (AvgIpc) is 2.72. The molecule has 164 valence electrons. The molecular weight excluding hydrogens is 411 g/mol. The van der Waals surface area contributed by atoms with E-state index in [-0.39, 0.29) is 43.8 Å². The summed E-state index contributed by atoms with van der Waals surface area (Å²) < 4.78 is 42.5. The fourth-order valence-electron chi connectivity index (χ4n) is 4.24. The van der Waals surface area contributed by atoms with Crippen LogP contribution in [0.25, 0.3) is 5.69 Å². The largest absolute Gasteiger partial charge is 0.338 e. The third-order valence-electron chi connectivity index (χ3n) is 5.84. The van der Waals surface area contributed by atoms with E-state index < -0.39 is 29.8 Å². The van der Waals surface area contributed by atoms with Gasteiger partial charge in [0.25, 0.3) is 17.4 Å². The number of fused-ring (bicyclic) bond motifs is 1. The number of nitrogens with zero attached hydrogens (tertiary/aromatic N) is 3. The number of aromatic nitrogens is 1. The van der Waals surface area contributed by atoms with Crippen LogP contribution in [-0.2, 0) is 17.8 Å². The maximum absolute atomic E-state index is 13.9. The van der Waals surface area contributed by atoms with Crippen LogP contribution in [0.15, 0.2) is 35.3 Å². The normalized spacial score (nSPS) is 17.9. The Bertz CT molecular complexity index is 1100. The summed E-state index contributed by atoms with van der Waals surface area (Å²) >= 11 is 0. The van der Waals surface area contributed by atoms with Crippen molar-refractivity contribution in [2.75, 3.05) is 19.6 Å². The SMILES string of the molecule is CC(=O)N1CCc2c(cn(-c3ccc(F)cc3)c(=O)c2C(=O)N2CCCC(F)(F)C2)C1. The zero-order valence-electron chi connectivity index (χ0n) is 17.0. The molecule has 2 aliphatic heterocycles. The summed E-state index contributed by atoms with van der Waals surface area (Å²) in [6.45, 7) is 1.38. The molecule has 0 N–H and O–H groups in total. The van der Waals surface area contributed by atoms with Crippen molar-refractivity contribution in [3.05, 3.63) is 63.3 Å². The van der Waals surface area contributed by atoms with E-state index in [4.69, 9.17) is 0 Å². The number of rotatable bonds is 2. The van der Waals surface area contributed by atoms with Crippen LogP contribution in [0.4, 0.5) is 13.2 Å². The second-order valence-corrected chi connectivity index (χ2v) is 8.04. The van der Waals surface area contributed by atoms with Gasteiger partial charge in [-0.15, -0.1) is 0 Å². The molecule has 2 amide bonds. The highest BCUT2D eigenvalue weighted by Crippen LogP contribution is 2.29. The van der Waals surface area contributed by atoms with Crippen molar-refractivity contribution in [3.63, 3.8) is 0 Å². The molecular formula is C22H22F3N3O3. The predicted molar refractivity (Wildman–Crippen MR) is 107 cm³/mol. The van der Waals surface area contributed by atoms with Crippen LogP contribution >= 0.6 is 0 Å². The van der Waals surface area contributed by atoms with E-state index in [9.17, 15) is 27.6 Å². The Morgan fingerprint density at radius 1 is 1.06 bits per heavy atom. The van der Waals surface area contributed by atoms with Gasteiger partial charge in [-0.3, -0.25) is 19.0 Å². The smallest absolute Gasteiger partial charge is 0.268 e. The van der Waals surface area contributed by atoms with E-state index in [0.717, 1.165) is 4.90 Å². The molecule has 2 aromatic rings. The molecule has 0 atom stereocenters. The maximum Gasteiger partial charge on any atom is 0.268 e. The van der Waals surface area contributed by atoms with Crippen molar-refractivity contribution in [1.82, 2.24) is 14.4 Å². The van der Waals surface area contributed by atoms with E-state index in [0.29, 0.717) is 23.4 Å². The summed E-state index contributed by atoms with van der Waals surface area (Å²) in [5.41, 5.74) is 0.632. The van der Waals surface area contributed by atoms with Gasteiger partial charge in [-0.05, 0) is 48.2 Å². The lowest BCUT2D eigenvalue weighted by atomic mass is 9.94. The molecule has 1 saturated heterocycles. The van der Waals surface area contributed by atoms with Gasteiger partial charge < -0.3 is 9.80 Å². The van der Waals surface area contributed by atoms with E-state index in [1.54, 1.807) is 11.1 Å². The summed E-state index contributed by atoms with van der Waals surface area (Å²) in [6.07, 6.45) is 1.68. The summed E-state index contributed by atoms with van der Waals surface area (Å²) in [5, 5.41) is 0. The van der Waals surface area contributed by atoms with Gasteiger partial charge in [0.2, 0.25) is 5.91 Å². The van der Waals surface area contributed by atoms with Crippen molar-refractivity contribution < 1.29 is 22.8 Å². The number of halogens is 3. The van der Waals surface area contributed by atoms with Crippen LogP contribution in [-0.4, -0.2) is 51.7 Å².